The maximum Gasteiger partial charge on any atom is 0.201 e. The number of allylic oxidation sites excluding steroid dienone is 1. The molecule has 2 rings (SSSR count). The van der Waals surface area contributed by atoms with E-state index in [0.29, 0.717) is 0 Å². The minimum atomic E-state index is -0.279. The minimum absolute atomic E-state index is 0.0925. The highest BCUT2D eigenvalue weighted by molar-refractivity contribution is 6.09. The van der Waals surface area contributed by atoms with Crippen LogP contribution in [0.3, 0.4) is 0 Å². The summed E-state index contributed by atoms with van der Waals surface area (Å²) in [4.78, 5) is 12.4. The molecule has 0 atom stereocenters. The second-order valence-electron chi connectivity index (χ2n) is 5.12. The first-order valence-electron chi connectivity index (χ1n) is 7.32. The van der Waals surface area contributed by atoms with Crippen molar-refractivity contribution in [2.24, 2.45) is 0 Å². The minimum Gasteiger partial charge on any atom is -0.502 e. The van der Waals surface area contributed by atoms with E-state index in [1.165, 1.54) is 26.4 Å². The Bertz CT molecular complexity index is 778. The van der Waals surface area contributed by atoms with Crippen molar-refractivity contribution >= 4 is 11.9 Å². The van der Waals surface area contributed by atoms with Gasteiger partial charge in [-0.2, -0.15) is 0 Å². The van der Waals surface area contributed by atoms with Crippen molar-refractivity contribution in [3.8, 4) is 23.0 Å². The van der Waals surface area contributed by atoms with Crippen LogP contribution >= 0.6 is 0 Å². The molecule has 0 heterocycles. The van der Waals surface area contributed by atoms with E-state index in [4.69, 9.17) is 14.2 Å². The van der Waals surface area contributed by atoms with Crippen molar-refractivity contribution < 1.29 is 24.1 Å². The smallest absolute Gasteiger partial charge is 0.201 e. The Morgan fingerprint density at radius 1 is 1.00 bits per heavy atom. The molecular weight excluding hydrogens is 308 g/mol. The van der Waals surface area contributed by atoms with E-state index in [1.807, 2.05) is 25.1 Å². The number of phenolic OH excluding ortho intramolecular Hbond substituents is 1. The second kappa shape index (κ2) is 7.55. The van der Waals surface area contributed by atoms with E-state index in [1.54, 1.807) is 19.3 Å². The predicted octanol–water partition coefficient (Wildman–Crippen LogP) is 3.62. The van der Waals surface area contributed by atoms with Gasteiger partial charge in [0.1, 0.15) is 5.75 Å². The largest absolute Gasteiger partial charge is 0.502 e. The fourth-order valence-corrected chi connectivity index (χ4v) is 2.39. The molecule has 0 amide bonds. The van der Waals surface area contributed by atoms with Gasteiger partial charge in [0, 0.05) is 0 Å². The third kappa shape index (κ3) is 3.51. The standard InChI is InChI=1S/C19H20O5/c1-12-11-13(6-9-16(12)22-2)5-8-15(20)14-7-10-17(23-3)18(21)19(14)24-4/h5-11,21H,1-4H3/b8-5+. The first-order valence-corrected chi connectivity index (χ1v) is 7.32. The first-order chi connectivity index (χ1) is 11.5. The molecule has 24 heavy (non-hydrogen) atoms. The van der Waals surface area contributed by atoms with E-state index >= 15 is 0 Å². The van der Waals surface area contributed by atoms with Crippen LogP contribution in [0.2, 0.25) is 0 Å². The summed E-state index contributed by atoms with van der Waals surface area (Å²) in [6, 6.07) is 8.71. The molecule has 0 aliphatic carbocycles. The molecule has 2 aromatic carbocycles. The Balaban J connectivity index is 2.29. The van der Waals surface area contributed by atoms with Crippen LogP contribution in [0, 0.1) is 6.92 Å². The Morgan fingerprint density at radius 2 is 1.67 bits per heavy atom. The lowest BCUT2D eigenvalue weighted by molar-refractivity contribution is 0.104. The predicted molar refractivity (Wildman–Crippen MR) is 92.3 cm³/mol. The highest BCUT2D eigenvalue weighted by Crippen LogP contribution is 2.39. The number of carbonyl (C=O) groups is 1. The number of aryl methyl sites for hydroxylation is 1. The van der Waals surface area contributed by atoms with Crippen LogP contribution < -0.4 is 14.2 Å². The number of hydrogen-bond donors (Lipinski definition) is 1. The second-order valence-corrected chi connectivity index (χ2v) is 5.12. The summed E-state index contributed by atoms with van der Waals surface area (Å²) < 4.78 is 15.4. The molecule has 0 aliphatic rings. The fourth-order valence-electron chi connectivity index (χ4n) is 2.39. The van der Waals surface area contributed by atoms with Gasteiger partial charge >= 0.3 is 0 Å². The van der Waals surface area contributed by atoms with Gasteiger partial charge in [-0.25, -0.2) is 0 Å². The van der Waals surface area contributed by atoms with Crippen LogP contribution in [0.15, 0.2) is 36.4 Å². The van der Waals surface area contributed by atoms with Crippen LogP contribution in [-0.2, 0) is 0 Å². The van der Waals surface area contributed by atoms with E-state index in [2.05, 4.69) is 0 Å². The molecule has 0 radical (unpaired) electrons. The number of carbonyl (C=O) groups excluding carboxylic acids is 1. The zero-order chi connectivity index (χ0) is 17.7. The normalized spacial score (nSPS) is 10.7. The Labute approximate surface area is 141 Å². The molecule has 126 valence electrons. The van der Waals surface area contributed by atoms with Gasteiger partial charge in [0.25, 0.3) is 0 Å². The van der Waals surface area contributed by atoms with E-state index in [0.717, 1.165) is 16.9 Å². The van der Waals surface area contributed by atoms with E-state index in [-0.39, 0.29) is 28.6 Å². The summed E-state index contributed by atoms with van der Waals surface area (Å²) in [5, 5.41) is 10.1. The fraction of sp³-hybridized carbons (Fsp3) is 0.211. The number of rotatable bonds is 6. The topological polar surface area (TPSA) is 65.0 Å². The summed E-state index contributed by atoms with van der Waals surface area (Å²) in [5.41, 5.74) is 2.11. The van der Waals surface area contributed by atoms with Gasteiger partial charge in [0.2, 0.25) is 5.75 Å². The Kier molecular flexibility index (Phi) is 5.47. The Hall–Kier alpha value is -2.95. The van der Waals surface area contributed by atoms with Crippen LogP contribution in [0.4, 0.5) is 0 Å². The number of phenols is 1. The summed E-state index contributed by atoms with van der Waals surface area (Å²) >= 11 is 0. The molecule has 2 aromatic rings. The number of methoxy groups -OCH3 is 3. The van der Waals surface area contributed by atoms with E-state index in [9.17, 15) is 9.90 Å². The lowest BCUT2D eigenvalue weighted by atomic mass is 10.1. The average molecular weight is 328 g/mol. The van der Waals surface area contributed by atoms with Crippen LogP contribution in [0.1, 0.15) is 21.5 Å². The zero-order valence-electron chi connectivity index (χ0n) is 14.1. The number of aromatic hydroxyl groups is 1. The summed E-state index contributed by atoms with van der Waals surface area (Å²) in [7, 11) is 4.44. The summed E-state index contributed by atoms with van der Waals surface area (Å²) in [6.45, 7) is 1.93. The molecule has 1 N–H and O–H groups in total. The third-order valence-electron chi connectivity index (χ3n) is 3.63. The molecular formula is C19H20O5. The summed E-state index contributed by atoms with van der Waals surface area (Å²) in [5.74, 6) is 0.658. The SMILES string of the molecule is COc1ccc(/C=C/C(=O)c2ccc(OC)c(O)c2OC)cc1C. The van der Waals surface area contributed by atoms with Gasteiger partial charge in [-0.15, -0.1) is 0 Å². The highest BCUT2D eigenvalue weighted by Gasteiger charge is 2.17. The molecule has 5 nitrogen and oxygen atoms in total. The van der Waals surface area contributed by atoms with Crippen molar-refractivity contribution in [3.63, 3.8) is 0 Å². The molecule has 0 saturated carbocycles. The molecule has 0 saturated heterocycles. The van der Waals surface area contributed by atoms with Crippen molar-refractivity contribution in [1.29, 1.82) is 0 Å². The van der Waals surface area contributed by atoms with Gasteiger partial charge < -0.3 is 19.3 Å². The number of hydrogen-bond acceptors (Lipinski definition) is 5. The van der Waals surface area contributed by atoms with Crippen molar-refractivity contribution in [3.05, 3.63) is 53.1 Å². The molecule has 5 heteroatoms. The lowest BCUT2D eigenvalue weighted by Crippen LogP contribution is -2.00. The molecule has 0 aliphatic heterocycles. The number of ketones is 1. The monoisotopic (exact) mass is 328 g/mol. The van der Waals surface area contributed by atoms with Crippen molar-refractivity contribution in [2.75, 3.05) is 21.3 Å². The van der Waals surface area contributed by atoms with Gasteiger partial charge in [0.15, 0.2) is 17.3 Å². The summed E-state index contributed by atoms with van der Waals surface area (Å²) in [6.07, 6.45) is 3.14. The zero-order valence-corrected chi connectivity index (χ0v) is 14.1. The lowest BCUT2D eigenvalue weighted by Gasteiger charge is -2.11. The third-order valence-corrected chi connectivity index (χ3v) is 3.63. The molecule has 0 bridgehead atoms. The van der Waals surface area contributed by atoms with Crippen LogP contribution in [-0.4, -0.2) is 32.2 Å². The van der Waals surface area contributed by atoms with Crippen molar-refractivity contribution in [1.82, 2.24) is 0 Å². The van der Waals surface area contributed by atoms with E-state index < -0.39 is 0 Å². The average Bonchev–Trinajstić information content (AvgIpc) is 2.59. The van der Waals surface area contributed by atoms with Gasteiger partial charge in [-0.1, -0.05) is 12.1 Å². The highest BCUT2D eigenvalue weighted by atomic mass is 16.5. The quantitative estimate of drug-likeness (QED) is 0.648. The molecule has 0 unspecified atom stereocenters. The molecule has 0 fully saturated rings. The maximum atomic E-state index is 12.4. The Morgan fingerprint density at radius 3 is 2.25 bits per heavy atom. The number of ether oxygens (including phenoxy) is 3. The number of benzene rings is 2. The first kappa shape index (κ1) is 17.4. The maximum absolute atomic E-state index is 12.4. The molecule has 0 aromatic heterocycles. The van der Waals surface area contributed by atoms with Gasteiger partial charge in [-0.05, 0) is 48.4 Å². The van der Waals surface area contributed by atoms with Gasteiger partial charge in [-0.3, -0.25) is 4.79 Å². The molecule has 0 spiro atoms. The van der Waals surface area contributed by atoms with Crippen LogP contribution in [0.5, 0.6) is 23.0 Å². The van der Waals surface area contributed by atoms with Crippen LogP contribution in [0.25, 0.3) is 6.08 Å². The van der Waals surface area contributed by atoms with Gasteiger partial charge in [0.05, 0.1) is 26.9 Å². The van der Waals surface area contributed by atoms with Crippen molar-refractivity contribution in [2.45, 2.75) is 6.92 Å².